The minimum Gasteiger partial charge on any atom is -0.394 e. The minimum atomic E-state index is -2.29. The molecular formula is C42H72O36. The van der Waals surface area contributed by atoms with Crippen LogP contribution < -0.4 is 0 Å². The average molecular weight is 1150 g/mol. The lowest BCUT2D eigenvalue weighted by molar-refractivity contribution is -0.391. The minimum absolute atomic E-state index is 0.907. The van der Waals surface area contributed by atoms with Crippen LogP contribution in [0.3, 0.4) is 0 Å². The number of aliphatic hydroxyl groups excluding tert-OH is 23. The number of hydrogen-bond donors (Lipinski definition) is 23. The fourth-order valence-corrected chi connectivity index (χ4v) is 9.74. The number of ether oxygens (including phenoxy) is 13. The summed E-state index contributed by atoms with van der Waals surface area (Å²) in [6.45, 7) is -6.72. The lowest BCUT2D eigenvalue weighted by Gasteiger charge is -2.48. The Morgan fingerprint density at radius 2 is 0.500 bits per heavy atom. The van der Waals surface area contributed by atoms with Crippen LogP contribution >= 0.6 is 0 Å². The molecule has 7 rings (SSSR count). The topological polar surface area (TPSA) is 585 Å². The van der Waals surface area contributed by atoms with Crippen LogP contribution in [0.25, 0.3) is 0 Å². The molecule has 36 heteroatoms. The summed E-state index contributed by atoms with van der Waals surface area (Å²) in [7, 11) is 0. The van der Waals surface area contributed by atoms with E-state index in [9.17, 15) is 117 Å². The van der Waals surface area contributed by atoms with Crippen LogP contribution in [0.1, 0.15) is 0 Å². The van der Waals surface area contributed by atoms with Crippen LogP contribution in [0.4, 0.5) is 0 Å². The Labute approximate surface area is 439 Å². The van der Waals surface area contributed by atoms with Crippen LogP contribution in [0.15, 0.2) is 0 Å². The van der Waals surface area contributed by atoms with Gasteiger partial charge >= 0.3 is 0 Å². The van der Waals surface area contributed by atoms with E-state index >= 15 is 0 Å². The third-order valence-electron chi connectivity index (χ3n) is 14.5. The number of aliphatic hydroxyl groups is 23. The monoisotopic (exact) mass is 1150 g/mol. The van der Waals surface area contributed by atoms with Gasteiger partial charge in [-0.25, -0.2) is 0 Å². The van der Waals surface area contributed by atoms with Crippen molar-refractivity contribution < 1.29 is 179 Å². The molecule has 7 heterocycles. The van der Waals surface area contributed by atoms with Crippen molar-refractivity contribution in [2.45, 2.75) is 215 Å². The standard InChI is InChI=1S/C42H72O36/c43-1-8-15(48)22(55)27(60)38(69-8)75-33-21(54)14(7-67-41-34(25(58)18(51)11(4-46)72-41)77-39-28(61)23(56)16(49)9(2-44)70-39)74-37(31(33)64)66-6-13-20(53)32(30(63)36(65)68-13)76-42-35(26(59)19(52)12(5-47)73-42)78-40-29(62)24(57)17(50)10(3-45)71-40/h8-65H,1-7H2/t8-,9-,10-,11-,12-,13-,14-,15-,16-,17-,18-,19-,20-,21-,22+,23+,24+,25+,26+,27+,28+,29+,30+,31+,32+,33+,34+,35+,36-,37+,38-,39-,40-,41+,42-/m1/s1. The van der Waals surface area contributed by atoms with E-state index in [1.165, 1.54) is 0 Å². The highest BCUT2D eigenvalue weighted by molar-refractivity contribution is 4.99. The fourth-order valence-electron chi connectivity index (χ4n) is 9.74. The molecule has 0 unspecified atom stereocenters. The van der Waals surface area contributed by atoms with Crippen molar-refractivity contribution >= 4 is 0 Å². The molecule has 456 valence electrons. The van der Waals surface area contributed by atoms with Crippen molar-refractivity contribution in [3.8, 4) is 0 Å². The van der Waals surface area contributed by atoms with Crippen LogP contribution in [0.5, 0.6) is 0 Å². The van der Waals surface area contributed by atoms with Gasteiger partial charge in [0.15, 0.2) is 44.0 Å². The predicted octanol–water partition coefficient (Wildman–Crippen LogP) is -16.3. The Morgan fingerprint density at radius 3 is 0.897 bits per heavy atom. The van der Waals surface area contributed by atoms with Crippen molar-refractivity contribution in [3.05, 3.63) is 0 Å². The zero-order chi connectivity index (χ0) is 57.3. The summed E-state index contributed by atoms with van der Waals surface area (Å²) in [6.07, 6.45) is -69.3. The average Bonchev–Trinajstić information content (AvgIpc) is 3.57. The summed E-state index contributed by atoms with van der Waals surface area (Å²) in [5, 5.41) is 244. The molecule has 0 saturated carbocycles. The third kappa shape index (κ3) is 13.2. The van der Waals surface area contributed by atoms with E-state index in [4.69, 9.17) is 61.6 Å². The van der Waals surface area contributed by atoms with Crippen molar-refractivity contribution in [2.24, 2.45) is 0 Å². The molecule has 0 aromatic rings. The highest BCUT2D eigenvalue weighted by Gasteiger charge is 2.57. The van der Waals surface area contributed by atoms with Crippen molar-refractivity contribution in [1.29, 1.82) is 0 Å². The Kier molecular flexibility index (Phi) is 22.6. The molecule has 36 nitrogen and oxygen atoms in total. The summed E-state index contributed by atoms with van der Waals surface area (Å²) in [6, 6.07) is 0. The second kappa shape index (κ2) is 27.5. The molecule has 23 N–H and O–H groups in total. The van der Waals surface area contributed by atoms with Gasteiger partial charge in [-0.15, -0.1) is 0 Å². The van der Waals surface area contributed by atoms with Gasteiger partial charge in [0.05, 0.1) is 46.2 Å². The van der Waals surface area contributed by atoms with Crippen LogP contribution in [-0.4, -0.2) is 379 Å². The van der Waals surface area contributed by atoms with E-state index < -0.39 is 261 Å². The molecule has 0 aromatic carbocycles. The maximum absolute atomic E-state index is 11.7. The zero-order valence-corrected chi connectivity index (χ0v) is 40.8. The first kappa shape index (κ1) is 64.1. The van der Waals surface area contributed by atoms with E-state index in [1.54, 1.807) is 0 Å². The Hall–Kier alpha value is -1.44. The highest BCUT2D eigenvalue weighted by atomic mass is 16.8. The molecule has 78 heavy (non-hydrogen) atoms. The molecular weight excluding hydrogens is 1080 g/mol. The second-order valence-electron chi connectivity index (χ2n) is 19.6. The molecule has 7 aliphatic rings. The molecule has 35 atom stereocenters. The summed E-state index contributed by atoms with van der Waals surface area (Å²) in [4.78, 5) is 0. The van der Waals surface area contributed by atoms with Gasteiger partial charge in [0, 0.05) is 0 Å². The molecule has 7 aliphatic heterocycles. The quantitative estimate of drug-likeness (QED) is 0.0571. The maximum Gasteiger partial charge on any atom is 0.187 e. The maximum atomic E-state index is 11.7. The van der Waals surface area contributed by atoms with Gasteiger partial charge in [-0.3, -0.25) is 0 Å². The van der Waals surface area contributed by atoms with Gasteiger partial charge in [-0.05, 0) is 0 Å². The van der Waals surface area contributed by atoms with Crippen molar-refractivity contribution in [3.63, 3.8) is 0 Å². The lowest BCUT2D eigenvalue weighted by atomic mass is 9.96. The molecule has 7 fully saturated rings. The Morgan fingerprint density at radius 1 is 0.218 bits per heavy atom. The first-order chi connectivity index (χ1) is 36.9. The summed E-state index contributed by atoms with van der Waals surface area (Å²) in [5.74, 6) is 0. The summed E-state index contributed by atoms with van der Waals surface area (Å²) < 4.78 is 72.9. The molecule has 0 aromatic heterocycles. The van der Waals surface area contributed by atoms with E-state index in [-0.39, 0.29) is 0 Å². The van der Waals surface area contributed by atoms with Crippen LogP contribution in [0, 0.1) is 0 Å². The van der Waals surface area contributed by atoms with E-state index in [1.807, 2.05) is 0 Å². The van der Waals surface area contributed by atoms with Gasteiger partial charge < -0.3 is 179 Å². The predicted molar refractivity (Wildman–Crippen MR) is 232 cm³/mol. The first-order valence-electron chi connectivity index (χ1n) is 24.7. The van der Waals surface area contributed by atoms with Gasteiger partial charge in [-0.2, -0.15) is 0 Å². The third-order valence-corrected chi connectivity index (χ3v) is 14.5. The Bertz CT molecular complexity index is 1810. The molecule has 0 spiro atoms. The molecule has 7 saturated heterocycles. The second-order valence-corrected chi connectivity index (χ2v) is 19.6. The van der Waals surface area contributed by atoms with E-state index in [0.29, 0.717) is 0 Å². The smallest absolute Gasteiger partial charge is 0.187 e. The SMILES string of the molecule is OC[C@H]1O[C@H](O[C@@H]2[C@H](O)[C@@H](OC[C@H]3O[C@@H](O)[C@@H](O)[C@@H](O[C@H]4O[C@H](CO)[C@@H](O)[C@H](O)[C@@H]4O[C@H]4O[C@H](CO)[C@@H](O)[C@H](O)[C@@H]4O)[C@@H]3O)O[C@H](CO[C@H]3O[C@H](CO)[C@@H](O)[C@H](O)[C@@H]3O[C@H]3O[C@H](CO)[C@@H](O)[C@H](O)[C@@H]3O)[C@H]2O)[C@@H](O)[C@@H](O)[C@@H]1O. The van der Waals surface area contributed by atoms with Crippen LogP contribution in [-0.2, 0) is 61.6 Å². The van der Waals surface area contributed by atoms with Crippen LogP contribution in [0.2, 0.25) is 0 Å². The van der Waals surface area contributed by atoms with Crippen molar-refractivity contribution in [2.75, 3.05) is 46.2 Å². The van der Waals surface area contributed by atoms with Gasteiger partial charge in [0.1, 0.15) is 171 Å². The summed E-state index contributed by atoms with van der Waals surface area (Å²) in [5.41, 5.74) is 0. The van der Waals surface area contributed by atoms with E-state index in [0.717, 1.165) is 0 Å². The number of rotatable bonds is 19. The molecule has 0 aliphatic carbocycles. The Balaban J connectivity index is 1.11. The largest absolute Gasteiger partial charge is 0.394 e. The van der Waals surface area contributed by atoms with Gasteiger partial charge in [-0.1, -0.05) is 0 Å². The summed E-state index contributed by atoms with van der Waals surface area (Å²) >= 11 is 0. The van der Waals surface area contributed by atoms with E-state index in [2.05, 4.69) is 0 Å². The highest BCUT2D eigenvalue weighted by Crippen LogP contribution is 2.36. The van der Waals surface area contributed by atoms with Gasteiger partial charge in [0.25, 0.3) is 0 Å². The molecule has 0 bridgehead atoms. The first-order valence-corrected chi connectivity index (χ1v) is 24.7. The fraction of sp³-hybridized carbons (Fsp3) is 1.00. The zero-order valence-electron chi connectivity index (χ0n) is 40.8. The lowest BCUT2D eigenvalue weighted by Crippen LogP contribution is -2.67. The normalized spacial score (nSPS) is 53.5. The van der Waals surface area contributed by atoms with Gasteiger partial charge in [0.2, 0.25) is 0 Å². The van der Waals surface area contributed by atoms with Crippen molar-refractivity contribution in [1.82, 2.24) is 0 Å². The molecule has 0 radical (unpaired) electrons. The molecule has 0 amide bonds. The number of hydrogen-bond acceptors (Lipinski definition) is 36.